The third kappa shape index (κ3) is 5.51. The molecule has 0 radical (unpaired) electrons. The number of benzene rings is 2. The van der Waals surface area contributed by atoms with Gasteiger partial charge in [-0.2, -0.15) is 10.1 Å². The summed E-state index contributed by atoms with van der Waals surface area (Å²) in [5.74, 6) is -0.672. The molecule has 152 valence electrons. The lowest BCUT2D eigenvalue weighted by Crippen LogP contribution is -2.38. The number of esters is 1. The van der Waals surface area contributed by atoms with Crippen molar-refractivity contribution in [1.29, 1.82) is 0 Å². The number of carbonyl (C=O) groups is 1. The van der Waals surface area contributed by atoms with Gasteiger partial charge in [0.05, 0.1) is 12.3 Å². The molecule has 0 amide bonds. The van der Waals surface area contributed by atoms with Gasteiger partial charge in [-0.15, -0.1) is 0 Å². The summed E-state index contributed by atoms with van der Waals surface area (Å²) in [4.78, 5) is 12.6. The van der Waals surface area contributed by atoms with Crippen molar-refractivity contribution in [1.82, 2.24) is 0 Å². The van der Waals surface area contributed by atoms with Gasteiger partial charge in [0, 0.05) is 5.02 Å². The van der Waals surface area contributed by atoms with E-state index in [9.17, 15) is 4.79 Å². The van der Waals surface area contributed by atoms with Crippen LogP contribution in [0.5, 0.6) is 0 Å². The van der Waals surface area contributed by atoms with Crippen LogP contribution in [0, 0.1) is 5.92 Å². The van der Waals surface area contributed by atoms with E-state index in [0.29, 0.717) is 17.5 Å². The van der Waals surface area contributed by atoms with E-state index in [4.69, 9.17) is 26.8 Å². The summed E-state index contributed by atoms with van der Waals surface area (Å²) in [6, 6.07) is 16.6. The van der Waals surface area contributed by atoms with Crippen LogP contribution < -0.4 is 10.7 Å². The first-order valence-electron chi connectivity index (χ1n) is 9.53. The van der Waals surface area contributed by atoms with Crippen molar-refractivity contribution in [2.45, 2.75) is 26.4 Å². The predicted molar refractivity (Wildman–Crippen MR) is 114 cm³/mol. The van der Waals surface area contributed by atoms with Gasteiger partial charge in [-0.3, -0.25) is 4.79 Å². The van der Waals surface area contributed by atoms with Crippen LogP contribution in [0.3, 0.4) is 0 Å². The van der Waals surface area contributed by atoms with E-state index in [0.717, 1.165) is 24.1 Å². The van der Waals surface area contributed by atoms with Gasteiger partial charge in [-0.05, 0) is 42.3 Å². The summed E-state index contributed by atoms with van der Waals surface area (Å²) in [6.45, 7) is 2.73. The molecule has 2 aromatic carbocycles. The molecule has 29 heavy (non-hydrogen) atoms. The monoisotopic (exact) mass is 413 g/mol. The summed E-state index contributed by atoms with van der Waals surface area (Å²) in [5.41, 5.74) is 7.74. The molecule has 6 nitrogen and oxygen atoms in total. The maximum Gasteiger partial charge on any atom is 0.321 e. The molecular formula is C22H24ClN3O3. The summed E-state index contributed by atoms with van der Waals surface area (Å²) in [5, 5.41) is 6.63. The highest BCUT2D eigenvalue weighted by atomic mass is 35.5. The quantitative estimate of drug-likeness (QED) is 0.511. The van der Waals surface area contributed by atoms with Crippen LogP contribution in [0.25, 0.3) is 0 Å². The van der Waals surface area contributed by atoms with E-state index in [1.807, 2.05) is 30.3 Å². The molecule has 0 spiro atoms. The maximum absolute atomic E-state index is 12.6. The number of hydrogen-bond donors (Lipinski definition) is 1. The third-order valence-corrected chi connectivity index (χ3v) is 4.60. The maximum atomic E-state index is 12.6. The van der Waals surface area contributed by atoms with E-state index >= 15 is 0 Å². The molecule has 1 unspecified atom stereocenters. The highest BCUT2D eigenvalue weighted by Gasteiger charge is 2.30. The summed E-state index contributed by atoms with van der Waals surface area (Å²) in [7, 11) is 0. The lowest BCUT2D eigenvalue weighted by molar-refractivity contribution is -0.146. The molecule has 0 aliphatic carbocycles. The van der Waals surface area contributed by atoms with Crippen LogP contribution in [-0.4, -0.2) is 18.4 Å². The van der Waals surface area contributed by atoms with E-state index in [-0.39, 0.29) is 12.4 Å². The Bertz CT molecular complexity index is 882. The van der Waals surface area contributed by atoms with Gasteiger partial charge < -0.3 is 15.2 Å². The summed E-state index contributed by atoms with van der Waals surface area (Å²) in [6.07, 6.45) is 3.55. The van der Waals surface area contributed by atoms with Crippen molar-refractivity contribution in [3.63, 3.8) is 0 Å². The van der Waals surface area contributed by atoms with Crippen molar-refractivity contribution in [3.05, 3.63) is 77.1 Å². The highest BCUT2D eigenvalue weighted by molar-refractivity contribution is 6.30. The smallest absolute Gasteiger partial charge is 0.321 e. The van der Waals surface area contributed by atoms with Crippen molar-refractivity contribution in [2.75, 3.05) is 11.6 Å². The first-order chi connectivity index (χ1) is 14.1. The Morgan fingerprint density at radius 3 is 2.59 bits per heavy atom. The Balaban J connectivity index is 1.75. The fourth-order valence-corrected chi connectivity index (χ4v) is 2.85. The normalized spacial score (nSPS) is 16.1. The van der Waals surface area contributed by atoms with Crippen molar-refractivity contribution >= 4 is 29.1 Å². The standard InChI is InChI=1S/C22H24ClN3O3/c1-2-3-13-28-20-14-19(21(24)25-26(20)18-7-5-4-6-8-18)22(27)29-15-16-9-11-17(23)12-10-16/h4-12,14,19H,2-3,13,15H2,1H3,(H2,24,25). The second-order valence-corrected chi connectivity index (χ2v) is 7.03. The second kappa shape index (κ2) is 9.98. The molecule has 2 aromatic rings. The molecule has 2 N–H and O–H groups in total. The number of hydrazone groups is 1. The van der Waals surface area contributed by atoms with Crippen LogP contribution in [0.1, 0.15) is 25.3 Å². The predicted octanol–water partition coefficient (Wildman–Crippen LogP) is 4.45. The van der Waals surface area contributed by atoms with Crippen LogP contribution in [0.2, 0.25) is 5.02 Å². The molecule has 0 saturated carbocycles. The molecule has 0 fully saturated rings. The topological polar surface area (TPSA) is 77.1 Å². The fourth-order valence-electron chi connectivity index (χ4n) is 2.72. The summed E-state index contributed by atoms with van der Waals surface area (Å²) >= 11 is 5.88. The summed E-state index contributed by atoms with van der Waals surface area (Å²) < 4.78 is 11.3. The zero-order chi connectivity index (χ0) is 20.6. The number of amidine groups is 1. The van der Waals surface area contributed by atoms with Gasteiger partial charge >= 0.3 is 5.97 Å². The van der Waals surface area contributed by atoms with Crippen LogP contribution in [0.15, 0.2) is 71.7 Å². The fraction of sp³-hybridized carbons (Fsp3) is 0.273. The Kier molecular flexibility index (Phi) is 7.14. The second-order valence-electron chi connectivity index (χ2n) is 6.59. The Morgan fingerprint density at radius 1 is 1.17 bits per heavy atom. The molecule has 1 heterocycles. The number of halogens is 1. The average Bonchev–Trinajstić information content (AvgIpc) is 2.74. The number of anilines is 1. The molecule has 0 aromatic heterocycles. The van der Waals surface area contributed by atoms with Crippen molar-refractivity contribution < 1.29 is 14.3 Å². The molecular weight excluding hydrogens is 390 g/mol. The molecule has 7 heteroatoms. The number of hydrogen-bond acceptors (Lipinski definition) is 6. The van der Waals surface area contributed by atoms with E-state index in [2.05, 4.69) is 12.0 Å². The van der Waals surface area contributed by atoms with E-state index < -0.39 is 11.9 Å². The van der Waals surface area contributed by atoms with Gasteiger partial charge in [0.15, 0.2) is 0 Å². The first-order valence-corrected chi connectivity index (χ1v) is 9.91. The van der Waals surface area contributed by atoms with Crippen LogP contribution in [0.4, 0.5) is 5.69 Å². The van der Waals surface area contributed by atoms with Crippen molar-refractivity contribution in [2.24, 2.45) is 16.8 Å². The third-order valence-electron chi connectivity index (χ3n) is 4.35. The molecule has 3 rings (SSSR count). The first kappa shape index (κ1) is 20.7. The molecule has 0 saturated heterocycles. The Hall–Kier alpha value is -2.99. The molecule has 1 aliphatic rings. The lowest BCUT2D eigenvalue weighted by Gasteiger charge is -2.28. The van der Waals surface area contributed by atoms with E-state index in [1.165, 1.54) is 0 Å². The van der Waals surface area contributed by atoms with Gasteiger partial charge in [0.25, 0.3) is 0 Å². The van der Waals surface area contributed by atoms with Gasteiger partial charge in [-0.1, -0.05) is 55.3 Å². The molecule has 0 bridgehead atoms. The van der Waals surface area contributed by atoms with Gasteiger partial charge in [0.1, 0.15) is 18.4 Å². The number of carbonyl (C=O) groups excluding carboxylic acids is 1. The number of unbranched alkanes of at least 4 members (excludes halogenated alkanes) is 1. The number of nitrogens with two attached hydrogens (primary N) is 1. The zero-order valence-corrected chi connectivity index (χ0v) is 17.0. The number of para-hydroxylation sites is 1. The van der Waals surface area contributed by atoms with Crippen LogP contribution >= 0.6 is 11.6 Å². The van der Waals surface area contributed by atoms with E-state index in [1.54, 1.807) is 35.4 Å². The number of nitrogens with zero attached hydrogens (tertiary/aromatic N) is 2. The molecule has 1 atom stereocenters. The number of ether oxygens (including phenoxy) is 2. The SMILES string of the molecule is CCCCOC1=CC(C(=O)OCc2ccc(Cl)cc2)C(N)=NN1c1ccccc1. The van der Waals surface area contributed by atoms with Crippen LogP contribution in [-0.2, 0) is 20.9 Å². The minimum atomic E-state index is -0.807. The minimum Gasteiger partial charge on any atom is -0.478 e. The highest BCUT2D eigenvalue weighted by Crippen LogP contribution is 2.26. The zero-order valence-electron chi connectivity index (χ0n) is 16.3. The number of rotatable bonds is 8. The van der Waals surface area contributed by atoms with Gasteiger partial charge in [0.2, 0.25) is 5.88 Å². The molecule has 1 aliphatic heterocycles. The Morgan fingerprint density at radius 2 is 1.90 bits per heavy atom. The minimum absolute atomic E-state index is 0.127. The largest absolute Gasteiger partial charge is 0.478 e. The van der Waals surface area contributed by atoms with Gasteiger partial charge in [-0.25, -0.2) is 0 Å². The average molecular weight is 414 g/mol. The lowest BCUT2D eigenvalue weighted by atomic mass is 10.1. The Labute approximate surface area is 175 Å². The van der Waals surface area contributed by atoms with Crippen molar-refractivity contribution in [3.8, 4) is 0 Å².